The molecule has 0 atom stereocenters. The highest BCUT2D eigenvalue weighted by molar-refractivity contribution is 5.76. The minimum Gasteiger partial charge on any atom is -0.277 e. The molecule has 158 valence electrons. The van der Waals surface area contributed by atoms with Crippen LogP contribution in [0.25, 0.3) is 45.0 Å². The van der Waals surface area contributed by atoms with E-state index >= 15 is 0 Å². The molecule has 0 aliphatic rings. The van der Waals surface area contributed by atoms with E-state index in [4.69, 9.17) is 0 Å². The summed E-state index contributed by atoms with van der Waals surface area (Å²) in [7, 11) is 0. The predicted molar refractivity (Wildman–Crippen MR) is 131 cm³/mol. The summed E-state index contributed by atoms with van der Waals surface area (Å²) in [5, 5.41) is 15.6. The fourth-order valence-corrected chi connectivity index (χ4v) is 4.28. The van der Waals surface area contributed by atoms with Crippen molar-refractivity contribution in [2.45, 2.75) is 27.7 Å². The van der Waals surface area contributed by atoms with E-state index in [0.717, 1.165) is 33.9 Å². The van der Waals surface area contributed by atoms with Gasteiger partial charge in [-0.25, -0.2) is 0 Å². The molecule has 5 rings (SSSR count). The Kier molecular flexibility index (Phi) is 4.98. The van der Waals surface area contributed by atoms with Crippen LogP contribution in [0.2, 0.25) is 0 Å². The molecule has 0 amide bonds. The van der Waals surface area contributed by atoms with Crippen molar-refractivity contribution in [2.75, 3.05) is 0 Å². The van der Waals surface area contributed by atoms with Crippen LogP contribution >= 0.6 is 0 Å². The molecule has 5 aromatic rings. The molecule has 3 aromatic carbocycles. The van der Waals surface area contributed by atoms with Crippen molar-refractivity contribution in [1.29, 1.82) is 0 Å². The zero-order valence-electron chi connectivity index (χ0n) is 18.8. The Hall–Kier alpha value is -3.92. The number of aromatic amines is 2. The van der Waals surface area contributed by atoms with Gasteiger partial charge < -0.3 is 0 Å². The minimum atomic E-state index is 0.923. The van der Waals surface area contributed by atoms with E-state index < -0.39 is 0 Å². The Bertz CT molecular complexity index is 1320. The quantitative estimate of drug-likeness (QED) is 0.329. The van der Waals surface area contributed by atoms with E-state index in [-0.39, 0.29) is 0 Å². The lowest BCUT2D eigenvalue weighted by atomic mass is 10.0. The Morgan fingerprint density at radius 2 is 1.00 bits per heavy atom. The molecular formula is C28H26N4. The molecule has 0 fully saturated rings. The average Bonchev–Trinajstić information content (AvgIpc) is 3.44. The van der Waals surface area contributed by atoms with Crippen molar-refractivity contribution in [3.05, 3.63) is 95.1 Å². The number of nitrogens with one attached hydrogen (secondary N) is 2. The highest BCUT2D eigenvalue weighted by Gasteiger charge is 2.12. The SMILES string of the molecule is Cc1ccc(-c2cc(-c3cccc(-c4cc(-c5ccc(C)cc5C)[nH]n4)c3)n[nH]2)c(C)c1. The van der Waals surface area contributed by atoms with Gasteiger partial charge in [0, 0.05) is 22.3 Å². The molecule has 0 spiro atoms. The maximum Gasteiger partial charge on any atom is 0.0927 e. The summed E-state index contributed by atoms with van der Waals surface area (Å²) in [6, 6.07) is 25.6. The molecule has 0 saturated heterocycles. The molecule has 0 aliphatic carbocycles. The largest absolute Gasteiger partial charge is 0.277 e. The summed E-state index contributed by atoms with van der Waals surface area (Å²) in [5.74, 6) is 0. The van der Waals surface area contributed by atoms with Gasteiger partial charge in [-0.2, -0.15) is 10.2 Å². The Labute approximate surface area is 188 Å². The first-order valence-electron chi connectivity index (χ1n) is 10.8. The first kappa shape index (κ1) is 20.0. The van der Waals surface area contributed by atoms with Crippen LogP contribution in [0.1, 0.15) is 22.3 Å². The maximum absolute atomic E-state index is 4.58. The number of hydrogen-bond donors (Lipinski definition) is 2. The summed E-state index contributed by atoms with van der Waals surface area (Å²) in [4.78, 5) is 0. The van der Waals surface area contributed by atoms with Crippen LogP contribution in [-0.2, 0) is 0 Å². The van der Waals surface area contributed by atoms with Gasteiger partial charge in [0.25, 0.3) is 0 Å². The maximum atomic E-state index is 4.58. The lowest BCUT2D eigenvalue weighted by molar-refractivity contribution is 1.09. The second kappa shape index (κ2) is 7.97. The summed E-state index contributed by atoms with van der Waals surface area (Å²) < 4.78 is 0. The third kappa shape index (κ3) is 3.76. The van der Waals surface area contributed by atoms with Gasteiger partial charge in [0.15, 0.2) is 0 Å². The van der Waals surface area contributed by atoms with Crippen LogP contribution < -0.4 is 0 Å². The van der Waals surface area contributed by atoms with Crippen LogP contribution in [0.5, 0.6) is 0 Å². The van der Waals surface area contributed by atoms with Crippen LogP contribution in [0, 0.1) is 27.7 Å². The van der Waals surface area contributed by atoms with E-state index in [1.807, 2.05) is 0 Å². The van der Waals surface area contributed by atoms with Crippen LogP contribution in [0.4, 0.5) is 0 Å². The van der Waals surface area contributed by atoms with E-state index in [2.05, 4.69) is 121 Å². The molecule has 0 radical (unpaired) electrons. The van der Waals surface area contributed by atoms with E-state index in [1.54, 1.807) is 0 Å². The van der Waals surface area contributed by atoms with Crippen molar-refractivity contribution in [1.82, 2.24) is 20.4 Å². The molecule has 2 heterocycles. The van der Waals surface area contributed by atoms with E-state index in [9.17, 15) is 0 Å². The van der Waals surface area contributed by atoms with E-state index in [0.29, 0.717) is 0 Å². The van der Waals surface area contributed by atoms with Gasteiger partial charge in [0.05, 0.1) is 22.8 Å². The smallest absolute Gasteiger partial charge is 0.0927 e. The number of aryl methyl sites for hydroxylation is 4. The Balaban J connectivity index is 1.46. The number of hydrogen-bond acceptors (Lipinski definition) is 2. The van der Waals surface area contributed by atoms with Gasteiger partial charge >= 0.3 is 0 Å². The van der Waals surface area contributed by atoms with E-state index in [1.165, 1.54) is 33.4 Å². The van der Waals surface area contributed by atoms with Crippen molar-refractivity contribution in [2.24, 2.45) is 0 Å². The third-order valence-corrected chi connectivity index (χ3v) is 5.95. The summed E-state index contributed by atoms with van der Waals surface area (Å²) in [6.45, 7) is 8.49. The van der Waals surface area contributed by atoms with Gasteiger partial charge in [0.1, 0.15) is 0 Å². The normalized spacial score (nSPS) is 11.1. The van der Waals surface area contributed by atoms with Gasteiger partial charge in [-0.3, -0.25) is 10.2 Å². The molecule has 2 N–H and O–H groups in total. The van der Waals surface area contributed by atoms with Crippen LogP contribution in [0.3, 0.4) is 0 Å². The van der Waals surface area contributed by atoms with Gasteiger partial charge in [-0.05, 0) is 57.0 Å². The van der Waals surface area contributed by atoms with Crippen molar-refractivity contribution in [3.63, 3.8) is 0 Å². The summed E-state index contributed by atoms with van der Waals surface area (Å²) >= 11 is 0. The molecule has 4 heteroatoms. The van der Waals surface area contributed by atoms with Crippen molar-refractivity contribution >= 4 is 0 Å². The Morgan fingerprint density at radius 3 is 1.44 bits per heavy atom. The highest BCUT2D eigenvalue weighted by Crippen LogP contribution is 2.31. The molecule has 0 aliphatic heterocycles. The molecule has 0 saturated carbocycles. The summed E-state index contributed by atoms with van der Waals surface area (Å²) in [6.07, 6.45) is 0. The van der Waals surface area contributed by atoms with Crippen molar-refractivity contribution in [3.8, 4) is 45.0 Å². The summed E-state index contributed by atoms with van der Waals surface area (Å²) in [5.41, 5.74) is 13.4. The predicted octanol–water partition coefficient (Wildman–Crippen LogP) is 7.03. The van der Waals surface area contributed by atoms with Gasteiger partial charge in [-0.1, -0.05) is 65.7 Å². The fourth-order valence-electron chi connectivity index (χ4n) is 4.28. The number of rotatable bonds is 4. The standard InChI is InChI=1S/C28H26N4/c1-17-8-10-23(19(3)12-17)27-15-25(29-31-27)21-6-5-7-22(14-21)26-16-28(32-30-26)24-11-9-18(2)13-20(24)4/h5-16H,1-4H3,(H,29,31)(H,30,32). The number of nitrogens with zero attached hydrogens (tertiary/aromatic N) is 2. The van der Waals surface area contributed by atoms with Crippen molar-refractivity contribution < 1.29 is 0 Å². The lowest BCUT2D eigenvalue weighted by Gasteiger charge is -2.04. The average molecular weight is 419 g/mol. The lowest BCUT2D eigenvalue weighted by Crippen LogP contribution is -1.84. The first-order chi connectivity index (χ1) is 15.5. The second-order valence-electron chi connectivity index (χ2n) is 8.55. The monoisotopic (exact) mass is 418 g/mol. The number of aromatic nitrogens is 4. The van der Waals surface area contributed by atoms with Gasteiger partial charge in [0.2, 0.25) is 0 Å². The number of H-pyrrole nitrogens is 2. The third-order valence-electron chi connectivity index (χ3n) is 5.95. The highest BCUT2D eigenvalue weighted by atomic mass is 15.1. The topological polar surface area (TPSA) is 57.4 Å². The fraction of sp³-hybridized carbons (Fsp3) is 0.143. The Morgan fingerprint density at radius 1 is 0.531 bits per heavy atom. The molecule has 4 nitrogen and oxygen atoms in total. The minimum absolute atomic E-state index is 0.923. The second-order valence-corrected chi connectivity index (χ2v) is 8.55. The molecule has 0 bridgehead atoms. The van der Waals surface area contributed by atoms with Crippen LogP contribution in [-0.4, -0.2) is 20.4 Å². The number of benzene rings is 3. The molecule has 2 aromatic heterocycles. The first-order valence-corrected chi connectivity index (χ1v) is 10.8. The zero-order chi connectivity index (χ0) is 22.2. The molecule has 32 heavy (non-hydrogen) atoms. The van der Waals surface area contributed by atoms with Crippen LogP contribution in [0.15, 0.2) is 72.8 Å². The molecule has 0 unspecified atom stereocenters. The van der Waals surface area contributed by atoms with Gasteiger partial charge in [-0.15, -0.1) is 0 Å². The molecular weight excluding hydrogens is 392 g/mol. The zero-order valence-corrected chi connectivity index (χ0v) is 18.8.